The van der Waals surface area contributed by atoms with Gasteiger partial charge in [0, 0.05) is 35.6 Å². The van der Waals surface area contributed by atoms with E-state index >= 15 is 0 Å². The van der Waals surface area contributed by atoms with Crippen LogP contribution in [0.3, 0.4) is 0 Å². The van der Waals surface area contributed by atoms with Gasteiger partial charge in [0.05, 0.1) is 6.33 Å². The average molecular weight is 294 g/mol. The summed E-state index contributed by atoms with van der Waals surface area (Å²) in [6, 6.07) is 6.34. The van der Waals surface area contributed by atoms with Crippen molar-refractivity contribution < 1.29 is 0 Å². The number of imidazole rings is 1. The Kier molecular flexibility index (Phi) is 4.20. The summed E-state index contributed by atoms with van der Waals surface area (Å²) in [5.74, 6) is 0. The van der Waals surface area contributed by atoms with Crippen LogP contribution in [-0.4, -0.2) is 16.1 Å². The van der Waals surface area contributed by atoms with Gasteiger partial charge in [-0.05, 0) is 31.0 Å². The number of rotatable bonds is 5. The van der Waals surface area contributed by atoms with Crippen molar-refractivity contribution >= 4 is 21.6 Å². The van der Waals surface area contributed by atoms with Crippen molar-refractivity contribution in [2.24, 2.45) is 0 Å². The van der Waals surface area contributed by atoms with Crippen molar-refractivity contribution in [3.8, 4) is 0 Å². The summed E-state index contributed by atoms with van der Waals surface area (Å²) in [6.45, 7) is 4.06. The third kappa shape index (κ3) is 3.60. The minimum Gasteiger partial charge on any atom is -0.385 e. The normalized spacial score (nSPS) is 10.5. The number of halogens is 1. The fourth-order valence-electron chi connectivity index (χ4n) is 1.62. The zero-order valence-electron chi connectivity index (χ0n) is 9.86. The molecule has 1 aromatic heterocycles. The second-order valence-corrected chi connectivity index (χ2v) is 4.90. The smallest absolute Gasteiger partial charge is 0.0945 e. The van der Waals surface area contributed by atoms with Crippen LogP contribution in [0.5, 0.6) is 0 Å². The lowest BCUT2D eigenvalue weighted by molar-refractivity contribution is 0.661. The monoisotopic (exact) mass is 293 g/mol. The number of aryl methyl sites for hydroxylation is 2. The van der Waals surface area contributed by atoms with E-state index in [4.69, 9.17) is 0 Å². The zero-order chi connectivity index (χ0) is 12.1. The first-order chi connectivity index (χ1) is 8.25. The number of nitrogens with one attached hydrogen (secondary N) is 1. The highest BCUT2D eigenvalue weighted by Crippen LogP contribution is 2.20. The molecule has 17 heavy (non-hydrogen) atoms. The molecule has 2 rings (SSSR count). The molecular weight excluding hydrogens is 278 g/mol. The summed E-state index contributed by atoms with van der Waals surface area (Å²) in [7, 11) is 0. The molecule has 0 saturated carbocycles. The molecule has 1 heterocycles. The Morgan fingerprint density at radius 2 is 2.29 bits per heavy atom. The van der Waals surface area contributed by atoms with E-state index in [0.29, 0.717) is 0 Å². The summed E-state index contributed by atoms with van der Waals surface area (Å²) in [5.41, 5.74) is 2.42. The summed E-state index contributed by atoms with van der Waals surface area (Å²) < 4.78 is 3.24. The van der Waals surface area contributed by atoms with E-state index in [-0.39, 0.29) is 0 Å². The van der Waals surface area contributed by atoms with Crippen LogP contribution < -0.4 is 5.32 Å². The van der Waals surface area contributed by atoms with E-state index in [1.807, 2.05) is 18.7 Å². The second-order valence-electron chi connectivity index (χ2n) is 4.04. The Labute approximate surface area is 110 Å². The van der Waals surface area contributed by atoms with Gasteiger partial charge >= 0.3 is 0 Å². The quantitative estimate of drug-likeness (QED) is 0.856. The highest BCUT2D eigenvalue weighted by molar-refractivity contribution is 9.10. The Bertz CT molecular complexity index is 466. The maximum atomic E-state index is 4.02. The molecule has 0 radical (unpaired) electrons. The number of nitrogens with zero attached hydrogens (tertiary/aromatic N) is 2. The molecule has 0 aliphatic rings. The van der Waals surface area contributed by atoms with Crippen LogP contribution in [0.2, 0.25) is 0 Å². The molecule has 0 unspecified atom stereocenters. The maximum Gasteiger partial charge on any atom is 0.0945 e. The molecule has 0 spiro atoms. The molecule has 1 N–H and O–H groups in total. The molecule has 0 aliphatic heterocycles. The van der Waals surface area contributed by atoms with Gasteiger partial charge in [-0.2, -0.15) is 0 Å². The number of aromatic nitrogens is 2. The van der Waals surface area contributed by atoms with E-state index in [0.717, 1.165) is 29.7 Å². The number of anilines is 1. The van der Waals surface area contributed by atoms with Gasteiger partial charge in [-0.1, -0.05) is 22.0 Å². The fourth-order valence-corrected chi connectivity index (χ4v) is 1.99. The van der Waals surface area contributed by atoms with Gasteiger partial charge in [0.1, 0.15) is 0 Å². The molecular formula is C13H16BrN3. The Morgan fingerprint density at radius 1 is 1.41 bits per heavy atom. The highest BCUT2D eigenvalue weighted by Gasteiger charge is 1.97. The minimum absolute atomic E-state index is 0.966. The zero-order valence-corrected chi connectivity index (χ0v) is 11.4. The topological polar surface area (TPSA) is 29.9 Å². The summed E-state index contributed by atoms with van der Waals surface area (Å²) in [5, 5.41) is 3.41. The molecule has 0 aliphatic carbocycles. The first-order valence-electron chi connectivity index (χ1n) is 5.71. The van der Waals surface area contributed by atoms with Crippen molar-refractivity contribution in [2.75, 3.05) is 11.9 Å². The standard InChI is InChI=1S/C13H16BrN3/c1-11-3-4-12(9-13(11)14)16-5-2-7-17-8-6-15-10-17/h3-4,6,8-10,16H,2,5,7H2,1H3. The van der Waals surface area contributed by atoms with E-state index in [2.05, 4.69) is 55.9 Å². The first kappa shape index (κ1) is 12.2. The van der Waals surface area contributed by atoms with Crippen LogP contribution in [0, 0.1) is 6.92 Å². The second kappa shape index (κ2) is 5.87. The molecule has 2 aromatic rings. The Balaban J connectivity index is 1.76. The summed E-state index contributed by atoms with van der Waals surface area (Å²) >= 11 is 3.53. The molecule has 3 nitrogen and oxygen atoms in total. The molecule has 1 aromatic carbocycles. The lowest BCUT2D eigenvalue weighted by Crippen LogP contribution is -2.05. The molecule has 0 saturated heterocycles. The van der Waals surface area contributed by atoms with Crippen LogP contribution in [0.25, 0.3) is 0 Å². The third-order valence-corrected chi connectivity index (χ3v) is 3.51. The Morgan fingerprint density at radius 3 is 3.00 bits per heavy atom. The maximum absolute atomic E-state index is 4.02. The van der Waals surface area contributed by atoms with Crippen molar-refractivity contribution in [2.45, 2.75) is 19.9 Å². The van der Waals surface area contributed by atoms with E-state index in [1.165, 1.54) is 5.56 Å². The van der Waals surface area contributed by atoms with Gasteiger partial charge in [-0.15, -0.1) is 0 Å². The number of hydrogen-bond donors (Lipinski definition) is 1. The molecule has 0 atom stereocenters. The van der Waals surface area contributed by atoms with Gasteiger partial charge in [0.25, 0.3) is 0 Å². The minimum atomic E-state index is 0.966. The summed E-state index contributed by atoms with van der Waals surface area (Å²) in [4.78, 5) is 4.02. The van der Waals surface area contributed by atoms with Gasteiger partial charge in [0.15, 0.2) is 0 Å². The van der Waals surface area contributed by atoms with Crippen molar-refractivity contribution in [3.05, 3.63) is 47.0 Å². The molecule has 4 heteroatoms. The average Bonchev–Trinajstić information content (AvgIpc) is 2.82. The van der Waals surface area contributed by atoms with Crippen molar-refractivity contribution in [1.82, 2.24) is 9.55 Å². The van der Waals surface area contributed by atoms with Gasteiger partial charge in [-0.3, -0.25) is 0 Å². The van der Waals surface area contributed by atoms with E-state index in [1.54, 1.807) is 0 Å². The molecule has 90 valence electrons. The fraction of sp³-hybridized carbons (Fsp3) is 0.308. The van der Waals surface area contributed by atoms with E-state index < -0.39 is 0 Å². The number of hydrogen-bond acceptors (Lipinski definition) is 2. The summed E-state index contributed by atoms with van der Waals surface area (Å²) in [6.07, 6.45) is 6.73. The SMILES string of the molecule is Cc1ccc(NCCCn2ccnc2)cc1Br. The first-order valence-corrected chi connectivity index (χ1v) is 6.51. The van der Waals surface area contributed by atoms with Gasteiger partial charge in [0.2, 0.25) is 0 Å². The highest BCUT2D eigenvalue weighted by atomic mass is 79.9. The van der Waals surface area contributed by atoms with Crippen LogP contribution in [0.15, 0.2) is 41.4 Å². The van der Waals surface area contributed by atoms with Crippen molar-refractivity contribution in [3.63, 3.8) is 0 Å². The lowest BCUT2D eigenvalue weighted by atomic mass is 10.2. The Hall–Kier alpha value is -1.29. The van der Waals surface area contributed by atoms with Gasteiger partial charge in [-0.25, -0.2) is 4.98 Å². The molecule has 0 fully saturated rings. The van der Waals surface area contributed by atoms with Crippen LogP contribution >= 0.6 is 15.9 Å². The largest absolute Gasteiger partial charge is 0.385 e. The molecule has 0 amide bonds. The van der Waals surface area contributed by atoms with Crippen molar-refractivity contribution in [1.29, 1.82) is 0 Å². The van der Waals surface area contributed by atoms with Gasteiger partial charge < -0.3 is 9.88 Å². The lowest BCUT2D eigenvalue weighted by Gasteiger charge is -2.08. The number of benzene rings is 1. The van der Waals surface area contributed by atoms with E-state index in [9.17, 15) is 0 Å². The predicted octanol–water partition coefficient (Wildman–Crippen LogP) is 3.46. The molecule has 0 bridgehead atoms. The third-order valence-electron chi connectivity index (χ3n) is 2.65. The predicted molar refractivity (Wildman–Crippen MR) is 74.2 cm³/mol. The van der Waals surface area contributed by atoms with Crippen LogP contribution in [0.4, 0.5) is 5.69 Å². The van der Waals surface area contributed by atoms with Crippen LogP contribution in [-0.2, 0) is 6.54 Å². The van der Waals surface area contributed by atoms with Crippen LogP contribution in [0.1, 0.15) is 12.0 Å².